The molecule has 0 aromatic heterocycles. The van der Waals surface area contributed by atoms with Crippen LogP contribution in [0.2, 0.25) is 0 Å². The van der Waals surface area contributed by atoms with Gasteiger partial charge < -0.3 is 14.9 Å². The molecule has 29 heavy (non-hydrogen) atoms. The van der Waals surface area contributed by atoms with Crippen molar-refractivity contribution in [3.05, 3.63) is 88.2 Å². The SMILES string of the molecule is C#C.C/C=C(O)\C(=C/Cc1cc(C)c(OCc2ccccc2)c(C#N)c1)C(=O)O. The van der Waals surface area contributed by atoms with Gasteiger partial charge in [0.1, 0.15) is 24.2 Å². The van der Waals surface area contributed by atoms with Crippen molar-refractivity contribution in [3.8, 4) is 24.7 Å². The highest BCUT2D eigenvalue weighted by Gasteiger charge is 2.13. The Hall–Kier alpha value is -3.96. The van der Waals surface area contributed by atoms with Gasteiger partial charge in [-0.1, -0.05) is 42.5 Å². The van der Waals surface area contributed by atoms with Gasteiger partial charge in [0.25, 0.3) is 0 Å². The van der Waals surface area contributed by atoms with E-state index >= 15 is 0 Å². The van der Waals surface area contributed by atoms with Gasteiger partial charge in [0, 0.05) is 0 Å². The van der Waals surface area contributed by atoms with Crippen LogP contribution >= 0.6 is 0 Å². The fraction of sp³-hybridized carbons (Fsp3) is 0.167. The highest BCUT2D eigenvalue weighted by atomic mass is 16.5. The second-order valence-corrected chi connectivity index (χ2v) is 5.98. The van der Waals surface area contributed by atoms with Crippen LogP contribution < -0.4 is 4.74 Å². The first kappa shape index (κ1) is 23.1. The molecule has 5 heteroatoms. The summed E-state index contributed by atoms with van der Waals surface area (Å²) in [6, 6.07) is 15.3. The number of benzene rings is 2. The molecule has 2 aromatic carbocycles. The summed E-state index contributed by atoms with van der Waals surface area (Å²) in [6.07, 6.45) is 11.0. The molecule has 0 amide bonds. The van der Waals surface area contributed by atoms with Crippen molar-refractivity contribution in [2.75, 3.05) is 0 Å². The molecule has 0 radical (unpaired) electrons. The Labute approximate surface area is 171 Å². The topological polar surface area (TPSA) is 90.5 Å². The summed E-state index contributed by atoms with van der Waals surface area (Å²) in [4.78, 5) is 11.2. The second-order valence-electron chi connectivity index (χ2n) is 5.98. The van der Waals surface area contributed by atoms with Crippen LogP contribution in [0.1, 0.15) is 29.2 Å². The molecule has 2 rings (SSSR count). The van der Waals surface area contributed by atoms with Crippen LogP contribution in [0.15, 0.2) is 65.9 Å². The number of allylic oxidation sites excluding steroid dienone is 2. The molecule has 0 spiro atoms. The number of aryl methyl sites for hydroxylation is 1. The average Bonchev–Trinajstić information content (AvgIpc) is 2.74. The first-order chi connectivity index (χ1) is 14.0. The lowest BCUT2D eigenvalue weighted by atomic mass is 10.0. The minimum absolute atomic E-state index is 0.168. The maximum atomic E-state index is 11.2. The number of rotatable bonds is 7. The van der Waals surface area contributed by atoms with E-state index in [2.05, 4.69) is 18.9 Å². The predicted molar refractivity (Wildman–Crippen MR) is 112 cm³/mol. The van der Waals surface area contributed by atoms with E-state index in [1.54, 1.807) is 13.0 Å². The molecule has 148 valence electrons. The van der Waals surface area contributed by atoms with Crippen molar-refractivity contribution in [1.29, 1.82) is 5.26 Å². The Bertz CT molecular complexity index is 964. The lowest BCUT2D eigenvalue weighted by molar-refractivity contribution is -0.132. The molecule has 0 atom stereocenters. The van der Waals surface area contributed by atoms with E-state index < -0.39 is 5.97 Å². The largest absolute Gasteiger partial charge is 0.507 e. The third-order valence-corrected chi connectivity index (χ3v) is 4.00. The number of hydrogen-bond acceptors (Lipinski definition) is 4. The van der Waals surface area contributed by atoms with Gasteiger partial charge in [0.2, 0.25) is 0 Å². The van der Waals surface area contributed by atoms with Gasteiger partial charge in [0.05, 0.1) is 11.1 Å². The standard InChI is InChI=1S/C22H21NO4.C2H2/c1-3-20(24)19(22(25)26)10-9-17-11-15(2)21(18(12-17)13-23)27-14-16-7-5-4-6-8-16;1-2/h3-8,10-12,24H,9,14H2,1-2H3,(H,25,26);1-2H/b19-10+,20-3+;. The zero-order valence-electron chi connectivity index (χ0n) is 16.4. The van der Waals surface area contributed by atoms with Gasteiger partial charge in [0.15, 0.2) is 0 Å². The van der Waals surface area contributed by atoms with Crippen LogP contribution in [0, 0.1) is 31.1 Å². The van der Waals surface area contributed by atoms with E-state index in [1.807, 2.05) is 43.3 Å². The average molecular weight is 389 g/mol. The van der Waals surface area contributed by atoms with Crippen LogP contribution in [0.5, 0.6) is 5.75 Å². The van der Waals surface area contributed by atoms with Crippen molar-refractivity contribution in [2.24, 2.45) is 0 Å². The highest BCUT2D eigenvalue weighted by molar-refractivity contribution is 5.90. The number of nitriles is 1. The summed E-state index contributed by atoms with van der Waals surface area (Å²) in [7, 11) is 0. The summed E-state index contributed by atoms with van der Waals surface area (Å²) < 4.78 is 5.84. The monoisotopic (exact) mass is 389 g/mol. The lowest BCUT2D eigenvalue weighted by Crippen LogP contribution is -2.04. The van der Waals surface area contributed by atoms with Crippen LogP contribution in [0.4, 0.5) is 0 Å². The summed E-state index contributed by atoms with van der Waals surface area (Å²) in [6.45, 7) is 3.76. The van der Waals surface area contributed by atoms with Crippen molar-refractivity contribution in [3.63, 3.8) is 0 Å². The molecule has 0 unspecified atom stereocenters. The van der Waals surface area contributed by atoms with Crippen LogP contribution in [0.3, 0.4) is 0 Å². The van der Waals surface area contributed by atoms with Crippen LogP contribution in [-0.2, 0) is 17.8 Å². The van der Waals surface area contributed by atoms with Gasteiger partial charge in [-0.25, -0.2) is 4.79 Å². The molecule has 0 saturated heterocycles. The Morgan fingerprint density at radius 1 is 1.17 bits per heavy atom. The number of terminal acetylenes is 1. The van der Waals surface area contributed by atoms with Gasteiger partial charge in [-0.15, -0.1) is 12.8 Å². The second kappa shape index (κ2) is 11.7. The minimum Gasteiger partial charge on any atom is -0.507 e. The van der Waals surface area contributed by atoms with E-state index in [0.29, 0.717) is 17.9 Å². The highest BCUT2D eigenvalue weighted by Crippen LogP contribution is 2.26. The number of ether oxygens (including phenoxy) is 1. The van der Waals surface area contributed by atoms with E-state index in [4.69, 9.17) is 4.74 Å². The lowest BCUT2D eigenvalue weighted by Gasteiger charge is -2.13. The number of hydrogen-bond donors (Lipinski definition) is 2. The number of aliphatic hydroxyl groups excluding tert-OH is 1. The molecule has 2 N–H and O–H groups in total. The quantitative estimate of drug-likeness (QED) is 0.310. The Balaban J connectivity index is 0.00000204. The van der Waals surface area contributed by atoms with Gasteiger partial charge in [-0.2, -0.15) is 5.26 Å². The maximum absolute atomic E-state index is 11.2. The van der Waals surface area contributed by atoms with Crippen LogP contribution in [0.25, 0.3) is 0 Å². The summed E-state index contributed by atoms with van der Waals surface area (Å²) in [5.41, 5.74) is 2.78. The third kappa shape index (κ3) is 6.61. The number of carbonyl (C=O) groups is 1. The fourth-order valence-corrected chi connectivity index (χ4v) is 2.65. The van der Waals surface area contributed by atoms with E-state index in [-0.39, 0.29) is 17.8 Å². The van der Waals surface area contributed by atoms with Crippen molar-refractivity contribution < 1.29 is 19.7 Å². The van der Waals surface area contributed by atoms with E-state index in [0.717, 1.165) is 16.7 Å². The molecule has 2 aromatic rings. The first-order valence-corrected chi connectivity index (χ1v) is 8.79. The molecule has 0 aliphatic heterocycles. The molecular formula is C24H23NO4. The number of aliphatic carboxylic acids is 1. The molecule has 0 heterocycles. The van der Waals surface area contributed by atoms with Gasteiger partial charge in [-0.05, 0) is 49.1 Å². The number of carboxylic acids is 1. The molecular weight excluding hydrogens is 366 g/mol. The number of nitrogens with zero attached hydrogens (tertiary/aromatic N) is 1. The van der Waals surface area contributed by atoms with Gasteiger partial charge in [-0.3, -0.25) is 0 Å². The summed E-state index contributed by atoms with van der Waals surface area (Å²) in [5.74, 6) is -0.975. The maximum Gasteiger partial charge on any atom is 0.339 e. The summed E-state index contributed by atoms with van der Waals surface area (Å²) in [5, 5.41) is 28.3. The Morgan fingerprint density at radius 2 is 1.83 bits per heavy atom. The third-order valence-electron chi connectivity index (χ3n) is 4.00. The molecule has 0 fully saturated rings. The van der Waals surface area contributed by atoms with Crippen molar-refractivity contribution >= 4 is 5.97 Å². The number of aliphatic hydroxyl groups is 1. The van der Waals surface area contributed by atoms with Crippen molar-refractivity contribution in [1.82, 2.24) is 0 Å². The molecule has 0 bridgehead atoms. The number of carboxylic acid groups (broad SMARTS) is 1. The van der Waals surface area contributed by atoms with Crippen molar-refractivity contribution in [2.45, 2.75) is 26.9 Å². The normalized spacial score (nSPS) is 11.0. The van der Waals surface area contributed by atoms with Crippen LogP contribution in [-0.4, -0.2) is 16.2 Å². The zero-order chi connectivity index (χ0) is 21.8. The molecule has 0 saturated carbocycles. The Kier molecular flexibility index (Phi) is 9.30. The van der Waals surface area contributed by atoms with Gasteiger partial charge >= 0.3 is 5.97 Å². The zero-order valence-corrected chi connectivity index (χ0v) is 16.4. The molecule has 0 aliphatic carbocycles. The minimum atomic E-state index is -1.20. The molecule has 0 aliphatic rings. The first-order valence-electron chi connectivity index (χ1n) is 8.79. The Morgan fingerprint density at radius 3 is 2.38 bits per heavy atom. The fourth-order valence-electron chi connectivity index (χ4n) is 2.65. The van der Waals surface area contributed by atoms with E-state index in [9.17, 15) is 20.3 Å². The molecule has 5 nitrogen and oxygen atoms in total. The summed E-state index contributed by atoms with van der Waals surface area (Å²) >= 11 is 0. The van der Waals surface area contributed by atoms with E-state index in [1.165, 1.54) is 12.2 Å². The smallest absolute Gasteiger partial charge is 0.339 e. The predicted octanol–water partition coefficient (Wildman–Crippen LogP) is 4.71.